The molecule has 14 heteroatoms. The predicted octanol–water partition coefficient (Wildman–Crippen LogP) is 3.82. The van der Waals surface area contributed by atoms with E-state index in [1.165, 1.54) is 41.5 Å². The summed E-state index contributed by atoms with van der Waals surface area (Å²) in [4.78, 5) is 29.9. The number of aliphatic imine (C=N–C) groups is 1. The lowest BCUT2D eigenvalue weighted by atomic mass is 10.2. The fourth-order valence-electron chi connectivity index (χ4n) is 1.29. The van der Waals surface area contributed by atoms with E-state index in [4.69, 9.17) is 9.47 Å². The number of nitrogens with zero attached hydrogens (tertiary/aromatic N) is 1. The molecule has 0 bridgehead atoms. The molecule has 0 heterocycles. The van der Waals surface area contributed by atoms with Gasteiger partial charge in [-0.3, -0.25) is 10.2 Å². The molecule has 8 nitrogen and oxygen atoms in total. The average molecular weight is 425 g/mol. The zero-order valence-electron chi connectivity index (χ0n) is 15.8. The van der Waals surface area contributed by atoms with Crippen LogP contribution in [0.5, 0.6) is 0 Å². The van der Waals surface area contributed by atoms with E-state index in [9.17, 15) is 35.9 Å². The van der Waals surface area contributed by atoms with Crippen LogP contribution in [-0.2, 0) is 14.3 Å². The van der Waals surface area contributed by atoms with E-state index >= 15 is 0 Å². The van der Waals surface area contributed by atoms with Gasteiger partial charge in [-0.2, -0.15) is 26.3 Å². The first-order valence-electron chi connectivity index (χ1n) is 7.57. The van der Waals surface area contributed by atoms with E-state index in [-0.39, 0.29) is 0 Å². The molecular formula is C14H21F6N3O5. The summed E-state index contributed by atoms with van der Waals surface area (Å²) in [6.07, 6.45) is -18.7. The highest BCUT2D eigenvalue weighted by atomic mass is 19.4. The van der Waals surface area contributed by atoms with Gasteiger partial charge in [0.25, 0.3) is 6.10 Å². The number of amides is 2. The molecule has 28 heavy (non-hydrogen) atoms. The molecule has 0 saturated carbocycles. The Morgan fingerprint density at radius 1 is 0.821 bits per heavy atom. The molecule has 0 radical (unpaired) electrons. The van der Waals surface area contributed by atoms with E-state index in [1.54, 1.807) is 5.32 Å². The standard InChI is InChI=1S/C14H21F6N3O5/c1-11(2,3)26-9(24)21-8(22-10(25)27-12(4,5)6)23-28-7(13(15,16)17)14(18,19)20/h7H,1-6H3,(H2,21,22,23,24,25). The van der Waals surface area contributed by atoms with Crippen molar-refractivity contribution in [3.63, 3.8) is 0 Å². The molecule has 0 rings (SSSR count). The summed E-state index contributed by atoms with van der Waals surface area (Å²) in [5, 5.41) is 1.67. The average Bonchev–Trinajstić information content (AvgIpc) is 2.29. The van der Waals surface area contributed by atoms with Crippen molar-refractivity contribution in [2.24, 2.45) is 4.99 Å². The first-order chi connectivity index (χ1) is 12.2. The van der Waals surface area contributed by atoms with Crippen molar-refractivity contribution in [1.82, 2.24) is 10.8 Å². The Balaban J connectivity index is 5.48. The molecule has 0 aliphatic carbocycles. The van der Waals surface area contributed by atoms with E-state index in [0.29, 0.717) is 0 Å². The Labute approximate surface area is 156 Å². The summed E-state index contributed by atoms with van der Waals surface area (Å²) >= 11 is 0. The van der Waals surface area contributed by atoms with Crippen molar-refractivity contribution in [2.45, 2.75) is 71.2 Å². The summed E-state index contributed by atoms with van der Waals surface area (Å²) in [5.74, 6) is -1.21. The molecule has 0 unspecified atom stereocenters. The molecule has 0 aromatic carbocycles. The molecule has 0 atom stereocenters. The molecule has 164 valence electrons. The Bertz CT molecular complexity index is 576. The Hall–Kier alpha value is -2.25. The Kier molecular flexibility index (Phi) is 8.13. The number of alkyl carbamates (subject to hydrolysis) is 1. The number of guanidine groups is 1. The topological polar surface area (TPSA) is 98.3 Å². The van der Waals surface area contributed by atoms with Crippen LogP contribution in [0.4, 0.5) is 35.9 Å². The molecule has 0 spiro atoms. The highest BCUT2D eigenvalue weighted by Gasteiger charge is 2.59. The zero-order chi connectivity index (χ0) is 22.6. The number of nitrogens with one attached hydrogen (secondary N) is 2. The maximum Gasteiger partial charge on any atom is 0.437 e. The van der Waals surface area contributed by atoms with Crippen molar-refractivity contribution in [3.05, 3.63) is 0 Å². The van der Waals surface area contributed by atoms with Gasteiger partial charge in [0.15, 0.2) is 0 Å². The monoisotopic (exact) mass is 425 g/mol. The molecule has 0 aliphatic rings. The number of hydrogen-bond acceptors (Lipinski definition) is 5. The quantitative estimate of drug-likeness (QED) is 0.302. The second-order valence-corrected chi connectivity index (χ2v) is 7.25. The molecule has 2 amide bonds. The Morgan fingerprint density at radius 2 is 1.25 bits per heavy atom. The van der Waals surface area contributed by atoms with Gasteiger partial charge >= 0.3 is 24.5 Å². The number of halogens is 6. The molecule has 2 N–H and O–H groups in total. The maximum atomic E-state index is 12.5. The fraction of sp³-hybridized carbons (Fsp3) is 0.786. The second kappa shape index (κ2) is 8.84. The number of hydroxylamine groups is 1. The minimum absolute atomic E-state index is 1.07. The van der Waals surface area contributed by atoms with E-state index in [1.807, 2.05) is 0 Å². The summed E-state index contributed by atoms with van der Waals surface area (Å²) < 4.78 is 84.5. The first-order valence-corrected chi connectivity index (χ1v) is 7.57. The second-order valence-electron chi connectivity index (χ2n) is 7.25. The smallest absolute Gasteiger partial charge is 0.437 e. The number of ether oxygens (including phenoxy) is 2. The summed E-state index contributed by atoms with van der Waals surface area (Å²) in [6.45, 7) is 8.58. The van der Waals surface area contributed by atoms with Gasteiger partial charge in [-0.1, -0.05) is 0 Å². The van der Waals surface area contributed by atoms with E-state index < -0.39 is 47.8 Å². The molecule has 0 fully saturated rings. The lowest BCUT2D eigenvalue weighted by molar-refractivity contribution is -0.330. The third kappa shape index (κ3) is 11.5. The van der Waals surface area contributed by atoms with Gasteiger partial charge in [0, 0.05) is 0 Å². The van der Waals surface area contributed by atoms with E-state index in [2.05, 4.69) is 9.83 Å². The summed E-state index contributed by atoms with van der Waals surface area (Å²) in [6, 6.07) is 0. The van der Waals surface area contributed by atoms with Crippen LogP contribution in [0.25, 0.3) is 0 Å². The molecule has 0 saturated heterocycles. The van der Waals surface area contributed by atoms with Gasteiger partial charge in [-0.25, -0.2) is 15.1 Å². The summed E-state index contributed by atoms with van der Waals surface area (Å²) in [7, 11) is 0. The molecule has 0 aromatic heterocycles. The number of carbonyl (C=O) groups excluding carboxylic acids is 2. The highest BCUT2D eigenvalue weighted by molar-refractivity contribution is 5.98. The van der Waals surface area contributed by atoms with Crippen LogP contribution in [0.15, 0.2) is 4.99 Å². The highest BCUT2D eigenvalue weighted by Crippen LogP contribution is 2.35. The van der Waals surface area contributed by atoms with Gasteiger partial charge < -0.3 is 9.47 Å². The third-order valence-corrected chi connectivity index (χ3v) is 2.08. The van der Waals surface area contributed by atoms with Gasteiger partial charge in [0.2, 0.25) is 5.96 Å². The van der Waals surface area contributed by atoms with Crippen LogP contribution in [0.2, 0.25) is 0 Å². The van der Waals surface area contributed by atoms with Gasteiger partial charge in [0.05, 0.1) is 0 Å². The van der Waals surface area contributed by atoms with E-state index in [0.717, 1.165) is 5.48 Å². The first kappa shape index (κ1) is 25.8. The fourth-order valence-corrected chi connectivity index (χ4v) is 1.29. The van der Waals surface area contributed by atoms with Crippen LogP contribution in [0, 0.1) is 0 Å². The van der Waals surface area contributed by atoms with Crippen LogP contribution >= 0.6 is 0 Å². The van der Waals surface area contributed by atoms with Gasteiger partial charge in [0.1, 0.15) is 11.2 Å². The maximum absolute atomic E-state index is 12.5. The van der Waals surface area contributed by atoms with Crippen molar-refractivity contribution in [3.8, 4) is 0 Å². The minimum Gasteiger partial charge on any atom is -0.444 e. The van der Waals surface area contributed by atoms with Crippen molar-refractivity contribution in [2.75, 3.05) is 0 Å². The van der Waals surface area contributed by atoms with Gasteiger partial charge in [-0.15, -0.1) is 4.99 Å². The number of rotatable bonds is 2. The van der Waals surface area contributed by atoms with Gasteiger partial charge in [-0.05, 0) is 41.5 Å². The van der Waals surface area contributed by atoms with Crippen LogP contribution in [0.1, 0.15) is 41.5 Å². The summed E-state index contributed by atoms with van der Waals surface area (Å²) in [5.41, 5.74) is -0.988. The molecule has 0 aliphatic heterocycles. The SMILES string of the molecule is CC(C)(C)OC(=O)/N=C(/NOC(C(F)(F)F)C(F)(F)F)NC(=O)OC(C)(C)C. The number of hydrogen-bond donors (Lipinski definition) is 2. The third-order valence-electron chi connectivity index (χ3n) is 2.08. The van der Waals surface area contributed by atoms with Crippen LogP contribution in [0.3, 0.4) is 0 Å². The minimum atomic E-state index is -5.84. The predicted molar refractivity (Wildman–Crippen MR) is 83.2 cm³/mol. The van der Waals surface area contributed by atoms with Crippen molar-refractivity contribution >= 4 is 18.1 Å². The zero-order valence-corrected chi connectivity index (χ0v) is 15.8. The lowest BCUT2D eigenvalue weighted by Crippen LogP contribution is -2.51. The van der Waals surface area contributed by atoms with Crippen LogP contribution in [-0.4, -0.2) is 47.8 Å². The lowest BCUT2D eigenvalue weighted by Gasteiger charge is -2.24. The number of carbonyl (C=O) groups is 2. The normalized spacial score (nSPS) is 14.0. The number of alkyl halides is 6. The molecular weight excluding hydrogens is 404 g/mol. The Morgan fingerprint density at radius 3 is 1.61 bits per heavy atom. The van der Waals surface area contributed by atoms with Crippen molar-refractivity contribution < 1.29 is 50.2 Å². The largest absolute Gasteiger partial charge is 0.444 e. The molecule has 0 aromatic rings. The van der Waals surface area contributed by atoms with Crippen molar-refractivity contribution in [1.29, 1.82) is 0 Å². The van der Waals surface area contributed by atoms with Crippen LogP contribution < -0.4 is 10.8 Å².